The average Bonchev–Trinajstić information content (AvgIpc) is 2.93. The Morgan fingerprint density at radius 1 is 0.974 bits per heavy atom. The lowest BCUT2D eigenvalue weighted by molar-refractivity contribution is -0.142. The fourth-order valence-electron chi connectivity index (χ4n) is 3.69. The van der Waals surface area contributed by atoms with Crippen molar-refractivity contribution in [2.75, 3.05) is 11.9 Å². The van der Waals surface area contributed by atoms with Crippen molar-refractivity contribution in [2.45, 2.75) is 26.2 Å². The van der Waals surface area contributed by atoms with Crippen LogP contribution in [-0.2, 0) is 15.0 Å². The molecule has 0 spiro atoms. The molecule has 0 radical (unpaired) electrons. The van der Waals surface area contributed by atoms with Crippen LogP contribution in [0.15, 0.2) is 91.3 Å². The molecule has 1 aromatic heterocycles. The maximum Gasteiger partial charge on any atom is 0.313 e. The van der Waals surface area contributed by atoms with Crippen molar-refractivity contribution in [3.05, 3.63) is 102 Å². The summed E-state index contributed by atoms with van der Waals surface area (Å²) in [5.41, 5.74) is 1.78. The smallest absolute Gasteiger partial charge is 0.313 e. The molecule has 0 bridgehead atoms. The SMILES string of the molecule is CCOc1ccccc1Oc1cccc(-c2cncc(NC(=O)/C=C/c3ccc(C(C)(C)C(=O)O)cc3)n2)c1. The predicted octanol–water partition coefficient (Wildman–Crippen LogP) is 6.35. The molecular formula is C31H29N3O5. The van der Waals surface area contributed by atoms with Gasteiger partial charge in [-0.2, -0.15) is 0 Å². The number of nitrogens with zero attached hydrogens (tertiary/aromatic N) is 2. The van der Waals surface area contributed by atoms with E-state index in [1.54, 1.807) is 50.4 Å². The number of anilines is 1. The zero-order chi connectivity index (χ0) is 27.8. The van der Waals surface area contributed by atoms with E-state index in [2.05, 4.69) is 15.3 Å². The molecule has 0 atom stereocenters. The van der Waals surface area contributed by atoms with E-state index in [4.69, 9.17) is 9.47 Å². The quantitative estimate of drug-likeness (QED) is 0.233. The highest BCUT2D eigenvalue weighted by molar-refractivity contribution is 6.01. The van der Waals surface area contributed by atoms with Crippen LogP contribution in [0.1, 0.15) is 31.9 Å². The summed E-state index contributed by atoms with van der Waals surface area (Å²) in [6.07, 6.45) is 6.11. The highest BCUT2D eigenvalue weighted by Gasteiger charge is 2.29. The molecule has 8 nitrogen and oxygen atoms in total. The number of carboxylic acids is 1. The summed E-state index contributed by atoms with van der Waals surface area (Å²) in [5.74, 6) is 0.893. The zero-order valence-electron chi connectivity index (χ0n) is 21.9. The number of hydrogen-bond donors (Lipinski definition) is 2. The second-order valence-electron chi connectivity index (χ2n) is 9.17. The number of amides is 1. The second kappa shape index (κ2) is 12.0. The Balaban J connectivity index is 1.43. The van der Waals surface area contributed by atoms with Crippen LogP contribution in [0.4, 0.5) is 5.82 Å². The van der Waals surface area contributed by atoms with Crippen LogP contribution in [0.3, 0.4) is 0 Å². The summed E-state index contributed by atoms with van der Waals surface area (Å²) in [5, 5.41) is 12.1. The number of aromatic nitrogens is 2. The summed E-state index contributed by atoms with van der Waals surface area (Å²) < 4.78 is 11.7. The molecular weight excluding hydrogens is 494 g/mol. The third-order valence-corrected chi connectivity index (χ3v) is 5.99. The van der Waals surface area contributed by atoms with Crippen LogP contribution in [0, 0.1) is 0 Å². The molecule has 39 heavy (non-hydrogen) atoms. The number of nitrogens with one attached hydrogen (secondary N) is 1. The van der Waals surface area contributed by atoms with Crippen molar-refractivity contribution in [3.8, 4) is 28.5 Å². The Morgan fingerprint density at radius 3 is 2.44 bits per heavy atom. The fraction of sp³-hybridized carbons (Fsp3) is 0.161. The summed E-state index contributed by atoms with van der Waals surface area (Å²) in [6.45, 7) is 5.74. The lowest BCUT2D eigenvalue weighted by atomic mass is 9.84. The van der Waals surface area contributed by atoms with E-state index < -0.39 is 11.4 Å². The van der Waals surface area contributed by atoms with Gasteiger partial charge in [-0.05, 0) is 62.2 Å². The third-order valence-electron chi connectivity index (χ3n) is 5.99. The van der Waals surface area contributed by atoms with E-state index in [0.717, 1.165) is 11.1 Å². The number of ether oxygens (including phenoxy) is 2. The van der Waals surface area contributed by atoms with E-state index in [1.807, 2.05) is 55.5 Å². The second-order valence-corrected chi connectivity index (χ2v) is 9.17. The van der Waals surface area contributed by atoms with Gasteiger partial charge in [-0.15, -0.1) is 0 Å². The van der Waals surface area contributed by atoms with Crippen molar-refractivity contribution in [3.63, 3.8) is 0 Å². The molecule has 198 valence electrons. The summed E-state index contributed by atoms with van der Waals surface area (Å²) >= 11 is 0. The first kappa shape index (κ1) is 27.1. The van der Waals surface area contributed by atoms with Crippen LogP contribution < -0.4 is 14.8 Å². The van der Waals surface area contributed by atoms with Crippen LogP contribution in [-0.4, -0.2) is 33.6 Å². The van der Waals surface area contributed by atoms with Crippen LogP contribution >= 0.6 is 0 Å². The van der Waals surface area contributed by atoms with E-state index in [9.17, 15) is 14.7 Å². The number of carboxylic acid groups (broad SMARTS) is 1. The first-order chi connectivity index (χ1) is 18.8. The Morgan fingerprint density at radius 2 is 1.72 bits per heavy atom. The lowest BCUT2D eigenvalue weighted by Crippen LogP contribution is -2.28. The highest BCUT2D eigenvalue weighted by Crippen LogP contribution is 2.33. The predicted molar refractivity (Wildman–Crippen MR) is 150 cm³/mol. The van der Waals surface area contributed by atoms with Gasteiger partial charge in [-0.1, -0.05) is 48.5 Å². The summed E-state index contributed by atoms with van der Waals surface area (Å²) in [7, 11) is 0. The monoisotopic (exact) mass is 523 g/mol. The van der Waals surface area contributed by atoms with Gasteiger partial charge in [0.15, 0.2) is 17.3 Å². The number of rotatable bonds is 10. The largest absolute Gasteiger partial charge is 0.490 e. The molecule has 4 rings (SSSR count). The van der Waals surface area contributed by atoms with Gasteiger partial charge >= 0.3 is 5.97 Å². The minimum absolute atomic E-state index is 0.300. The Labute approximate surface area is 227 Å². The molecule has 1 heterocycles. The van der Waals surface area contributed by atoms with Crippen molar-refractivity contribution in [1.29, 1.82) is 0 Å². The Hall–Kier alpha value is -4.98. The van der Waals surface area contributed by atoms with Gasteiger partial charge in [0.05, 0.1) is 30.1 Å². The Bertz CT molecular complexity index is 1500. The molecule has 2 N–H and O–H groups in total. The minimum atomic E-state index is -0.997. The highest BCUT2D eigenvalue weighted by atomic mass is 16.5. The van der Waals surface area contributed by atoms with E-state index in [-0.39, 0.29) is 5.91 Å². The average molecular weight is 524 g/mol. The van der Waals surface area contributed by atoms with Gasteiger partial charge in [0.25, 0.3) is 0 Å². The van der Waals surface area contributed by atoms with Gasteiger partial charge in [0, 0.05) is 11.6 Å². The van der Waals surface area contributed by atoms with Gasteiger partial charge in [-0.25, -0.2) is 4.98 Å². The number of aliphatic carboxylic acids is 1. The molecule has 0 saturated heterocycles. The van der Waals surface area contributed by atoms with Crippen molar-refractivity contribution < 1.29 is 24.2 Å². The maximum atomic E-state index is 12.5. The van der Waals surface area contributed by atoms with Gasteiger partial charge in [0.2, 0.25) is 5.91 Å². The first-order valence-corrected chi connectivity index (χ1v) is 12.4. The Kier molecular flexibility index (Phi) is 8.36. The maximum absolute atomic E-state index is 12.5. The number of para-hydroxylation sites is 2. The van der Waals surface area contributed by atoms with Gasteiger partial charge in [-0.3, -0.25) is 14.6 Å². The number of carbonyl (C=O) groups is 2. The van der Waals surface area contributed by atoms with Crippen molar-refractivity contribution >= 4 is 23.8 Å². The molecule has 0 unspecified atom stereocenters. The molecule has 4 aromatic rings. The van der Waals surface area contributed by atoms with E-state index in [0.29, 0.717) is 40.9 Å². The van der Waals surface area contributed by atoms with E-state index >= 15 is 0 Å². The number of carbonyl (C=O) groups excluding carboxylic acids is 1. The molecule has 0 saturated carbocycles. The standard InChI is InChI=1S/C31H29N3O5/c1-4-38-26-10-5-6-11-27(26)39-24-9-7-8-22(18-24)25-19-32-20-28(33-25)34-29(35)17-14-21-12-15-23(16-13-21)31(2,3)30(36)37/h5-20H,4H2,1-3H3,(H,36,37)(H,33,34,35)/b17-14+. The van der Waals surface area contributed by atoms with Crippen molar-refractivity contribution in [2.24, 2.45) is 0 Å². The zero-order valence-corrected chi connectivity index (χ0v) is 21.9. The van der Waals surface area contributed by atoms with E-state index in [1.165, 1.54) is 12.3 Å². The number of benzene rings is 3. The molecule has 0 aliphatic carbocycles. The van der Waals surface area contributed by atoms with Crippen molar-refractivity contribution in [1.82, 2.24) is 9.97 Å². The summed E-state index contributed by atoms with van der Waals surface area (Å²) in [6, 6.07) is 21.9. The first-order valence-electron chi connectivity index (χ1n) is 12.4. The van der Waals surface area contributed by atoms with Crippen LogP contribution in [0.25, 0.3) is 17.3 Å². The molecule has 0 aliphatic heterocycles. The molecule has 1 amide bonds. The molecule has 8 heteroatoms. The third kappa shape index (κ3) is 6.87. The lowest BCUT2D eigenvalue weighted by Gasteiger charge is -2.19. The molecule has 3 aromatic carbocycles. The van der Waals surface area contributed by atoms with Gasteiger partial charge < -0.3 is 19.9 Å². The molecule has 0 aliphatic rings. The molecule has 0 fully saturated rings. The van der Waals surface area contributed by atoms with Crippen LogP contribution in [0.5, 0.6) is 17.2 Å². The van der Waals surface area contributed by atoms with Crippen LogP contribution in [0.2, 0.25) is 0 Å². The summed E-state index contributed by atoms with van der Waals surface area (Å²) in [4.78, 5) is 32.7. The normalized spacial score (nSPS) is 11.3. The topological polar surface area (TPSA) is 111 Å². The van der Waals surface area contributed by atoms with Gasteiger partial charge in [0.1, 0.15) is 5.75 Å². The number of hydrogen-bond acceptors (Lipinski definition) is 6. The fourth-order valence-corrected chi connectivity index (χ4v) is 3.69. The minimum Gasteiger partial charge on any atom is -0.490 e.